The van der Waals surface area contributed by atoms with Gasteiger partial charge in [0, 0.05) is 17.8 Å². The number of anilines is 1. The van der Waals surface area contributed by atoms with Gasteiger partial charge in [-0.1, -0.05) is 39.0 Å². The number of benzene rings is 1. The molecule has 4 nitrogen and oxygen atoms in total. The van der Waals surface area contributed by atoms with Crippen molar-refractivity contribution in [3.8, 4) is 0 Å². The van der Waals surface area contributed by atoms with Crippen LogP contribution in [-0.4, -0.2) is 24.9 Å². The molecule has 0 radical (unpaired) electrons. The van der Waals surface area contributed by atoms with Gasteiger partial charge in [0.1, 0.15) is 6.42 Å². The Balaban J connectivity index is 2.27. The highest BCUT2D eigenvalue weighted by atomic mass is 16.5. The van der Waals surface area contributed by atoms with E-state index in [2.05, 4.69) is 12.2 Å². The zero-order valence-electron chi connectivity index (χ0n) is 14.4. The molecular weight excluding hydrogens is 290 g/mol. The Bertz CT molecular complexity index is 468. The Morgan fingerprint density at radius 3 is 2.26 bits per heavy atom. The van der Waals surface area contributed by atoms with Crippen LogP contribution in [0.25, 0.3) is 0 Å². The fourth-order valence-electron chi connectivity index (χ4n) is 2.36. The number of ether oxygens (including phenoxy) is 1. The average Bonchev–Trinajstić information content (AvgIpc) is 2.54. The van der Waals surface area contributed by atoms with E-state index in [0.717, 1.165) is 18.7 Å². The van der Waals surface area contributed by atoms with Gasteiger partial charge in [0.05, 0.1) is 6.61 Å². The predicted molar refractivity (Wildman–Crippen MR) is 93.9 cm³/mol. The van der Waals surface area contributed by atoms with E-state index in [1.165, 1.54) is 32.1 Å². The van der Waals surface area contributed by atoms with Crippen molar-refractivity contribution in [3.63, 3.8) is 0 Å². The molecule has 0 unspecified atom stereocenters. The number of unbranched alkanes of at least 4 members (excludes halogenated alkanes) is 5. The van der Waals surface area contributed by atoms with Crippen LogP contribution in [0.3, 0.4) is 0 Å². The normalized spacial score (nSPS) is 10.3. The second-order valence-corrected chi connectivity index (χ2v) is 5.68. The first-order valence-corrected chi connectivity index (χ1v) is 8.70. The molecule has 0 aromatic heterocycles. The van der Waals surface area contributed by atoms with Crippen LogP contribution in [0.15, 0.2) is 24.3 Å². The smallest absolute Gasteiger partial charge is 0.313 e. The minimum absolute atomic E-state index is 0.196. The van der Waals surface area contributed by atoms with Crippen LogP contribution in [0.1, 0.15) is 69.2 Å². The van der Waals surface area contributed by atoms with E-state index < -0.39 is 5.97 Å². The zero-order valence-corrected chi connectivity index (χ0v) is 14.4. The number of carbonyl (C=O) groups excluding carboxylic acids is 2. The molecule has 0 aliphatic heterocycles. The average molecular weight is 319 g/mol. The van der Waals surface area contributed by atoms with E-state index in [1.54, 1.807) is 19.1 Å². The van der Waals surface area contributed by atoms with Gasteiger partial charge in [-0.05, 0) is 37.6 Å². The molecule has 1 aromatic carbocycles. The van der Waals surface area contributed by atoms with Crippen molar-refractivity contribution in [2.24, 2.45) is 0 Å². The van der Waals surface area contributed by atoms with Crippen LogP contribution in [0.2, 0.25) is 0 Å². The first-order chi connectivity index (χ1) is 11.2. The van der Waals surface area contributed by atoms with Gasteiger partial charge in [0.15, 0.2) is 5.78 Å². The fourth-order valence-corrected chi connectivity index (χ4v) is 2.36. The molecule has 0 aliphatic rings. The third kappa shape index (κ3) is 8.38. The molecular formula is C19H29NO3. The molecule has 4 heteroatoms. The Labute approximate surface area is 139 Å². The molecule has 1 N–H and O–H groups in total. The van der Waals surface area contributed by atoms with Gasteiger partial charge in [-0.25, -0.2) is 0 Å². The summed E-state index contributed by atoms with van der Waals surface area (Å²) in [5.74, 6) is -0.673. The van der Waals surface area contributed by atoms with Crippen molar-refractivity contribution in [1.29, 1.82) is 0 Å². The maximum absolute atomic E-state index is 11.9. The molecule has 0 atom stereocenters. The van der Waals surface area contributed by atoms with E-state index in [0.29, 0.717) is 12.2 Å². The Morgan fingerprint density at radius 1 is 0.957 bits per heavy atom. The van der Waals surface area contributed by atoms with Crippen molar-refractivity contribution < 1.29 is 14.3 Å². The number of nitrogens with one attached hydrogen (secondary N) is 1. The molecule has 1 aromatic rings. The van der Waals surface area contributed by atoms with Crippen molar-refractivity contribution in [1.82, 2.24) is 0 Å². The topological polar surface area (TPSA) is 55.4 Å². The third-order valence-corrected chi connectivity index (χ3v) is 3.68. The summed E-state index contributed by atoms with van der Waals surface area (Å²) in [5, 5.41) is 3.36. The van der Waals surface area contributed by atoms with E-state index in [9.17, 15) is 9.59 Å². The lowest BCUT2D eigenvalue weighted by Crippen LogP contribution is -2.11. The molecule has 0 saturated carbocycles. The van der Waals surface area contributed by atoms with Crippen LogP contribution < -0.4 is 5.32 Å². The van der Waals surface area contributed by atoms with E-state index in [-0.39, 0.29) is 12.2 Å². The maximum Gasteiger partial charge on any atom is 0.313 e. The molecule has 0 bridgehead atoms. The van der Waals surface area contributed by atoms with Gasteiger partial charge in [0.2, 0.25) is 0 Å². The van der Waals surface area contributed by atoms with Crippen LogP contribution >= 0.6 is 0 Å². The highest BCUT2D eigenvalue weighted by Gasteiger charge is 2.12. The molecule has 128 valence electrons. The monoisotopic (exact) mass is 319 g/mol. The summed E-state index contributed by atoms with van der Waals surface area (Å²) in [5.41, 5.74) is 1.55. The molecule has 0 aliphatic carbocycles. The lowest BCUT2D eigenvalue weighted by Gasteiger charge is -2.07. The van der Waals surface area contributed by atoms with Gasteiger partial charge < -0.3 is 10.1 Å². The SMILES string of the molecule is CCCCCCCCNc1ccc(C(=O)CC(=O)OCC)cc1. The van der Waals surface area contributed by atoms with Crippen molar-refractivity contribution >= 4 is 17.4 Å². The minimum atomic E-state index is -0.470. The molecule has 23 heavy (non-hydrogen) atoms. The lowest BCUT2D eigenvalue weighted by atomic mass is 10.1. The first-order valence-electron chi connectivity index (χ1n) is 8.70. The standard InChI is InChI=1S/C19H29NO3/c1-3-5-6-7-8-9-14-20-17-12-10-16(11-13-17)18(21)15-19(22)23-4-2/h10-13,20H,3-9,14-15H2,1-2H3. The third-order valence-electron chi connectivity index (χ3n) is 3.68. The summed E-state index contributed by atoms with van der Waals surface area (Å²) < 4.78 is 4.79. The number of hydrogen-bond donors (Lipinski definition) is 1. The predicted octanol–water partition coefficient (Wildman–Crippen LogP) is 4.59. The van der Waals surface area contributed by atoms with Crippen molar-refractivity contribution in [2.75, 3.05) is 18.5 Å². The second kappa shape index (κ2) is 11.7. The van der Waals surface area contributed by atoms with Gasteiger partial charge in [-0.2, -0.15) is 0 Å². The minimum Gasteiger partial charge on any atom is -0.466 e. The molecule has 0 amide bonds. The number of hydrogen-bond acceptors (Lipinski definition) is 4. The van der Waals surface area contributed by atoms with E-state index in [1.807, 2.05) is 12.1 Å². The van der Waals surface area contributed by atoms with Crippen molar-refractivity contribution in [2.45, 2.75) is 58.8 Å². The largest absolute Gasteiger partial charge is 0.466 e. The second-order valence-electron chi connectivity index (χ2n) is 5.68. The van der Waals surface area contributed by atoms with Gasteiger partial charge >= 0.3 is 5.97 Å². The first kappa shape index (κ1) is 19.2. The number of esters is 1. The van der Waals surface area contributed by atoms with Crippen LogP contribution in [0.4, 0.5) is 5.69 Å². The van der Waals surface area contributed by atoms with Crippen LogP contribution in [-0.2, 0) is 9.53 Å². The number of ketones is 1. The number of carbonyl (C=O) groups is 2. The molecule has 0 fully saturated rings. The highest BCUT2D eigenvalue weighted by molar-refractivity contribution is 6.06. The molecule has 0 spiro atoms. The van der Waals surface area contributed by atoms with Crippen LogP contribution in [0.5, 0.6) is 0 Å². The highest BCUT2D eigenvalue weighted by Crippen LogP contribution is 2.12. The van der Waals surface area contributed by atoms with Crippen molar-refractivity contribution in [3.05, 3.63) is 29.8 Å². The maximum atomic E-state index is 11.9. The summed E-state index contributed by atoms with van der Waals surface area (Å²) in [6.45, 7) is 5.20. The summed E-state index contributed by atoms with van der Waals surface area (Å²) in [6.07, 6.45) is 7.45. The summed E-state index contributed by atoms with van der Waals surface area (Å²) in [6, 6.07) is 7.28. The Morgan fingerprint density at radius 2 is 1.61 bits per heavy atom. The molecule has 0 saturated heterocycles. The quantitative estimate of drug-likeness (QED) is 0.265. The molecule has 1 rings (SSSR count). The summed E-state index contributed by atoms with van der Waals surface area (Å²) in [7, 11) is 0. The number of rotatable bonds is 12. The van der Waals surface area contributed by atoms with E-state index >= 15 is 0 Å². The number of Topliss-reactive ketones (excluding diaryl/α,β-unsaturated/α-hetero) is 1. The van der Waals surface area contributed by atoms with Gasteiger partial charge in [-0.15, -0.1) is 0 Å². The lowest BCUT2D eigenvalue weighted by molar-refractivity contribution is -0.141. The Hall–Kier alpha value is -1.84. The van der Waals surface area contributed by atoms with E-state index in [4.69, 9.17) is 4.74 Å². The molecule has 0 heterocycles. The summed E-state index contributed by atoms with van der Waals surface area (Å²) >= 11 is 0. The Kier molecular flexibility index (Phi) is 9.76. The van der Waals surface area contributed by atoms with Gasteiger partial charge in [0.25, 0.3) is 0 Å². The van der Waals surface area contributed by atoms with Crippen LogP contribution in [0, 0.1) is 0 Å². The zero-order chi connectivity index (χ0) is 16.9. The summed E-state index contributed by atoms with van der Waals surface area (Å²) in [4.78, 5) is 23.2. The van der Waals surface area contributed by atoms with Gasteiger partial charge in [-0.3, -0.25) is 9.59 Å². The fraction of sp³-hybridized carbons (Fsp3) is 0.579.